The summed E-state index contributed by atoms with van der Waals surface area (Å²) in [5, 5.41) is 0. The molecule has 0 fully saturated rings. The largest absolute Gasteiger partial charge is 0.0851 e. The Balaban J connectivity index is 2.59. The van der Waals surface area contributed by atoms with E-state index in [1.807, 2.05) is 0 Å². The summed E-state index contributed by atoms with van der Waals surface area (Å²) in [6, 6.07) is 0. The van der Waals surface area contributed by atoms with E-state index in [0.29, 0.717) is 0 Å². The number of hydrogen-bond donors (Lipinski definition) is 0. The fraction of sp³-hybridized carbons (Fsp3) is 0.833. The van der Waals surface area contributed by atoms with Crippen molar-refractivity contribution in [2.24, 2.45) is 23.7 Å². The van der Waals surface area contributed by atoms with Crippen LogP contribution in [0.3, 0.4) is 0 Å². The zero-order valence-corrected chi connectivity index (χ0v) is 8.88. The van der Waals surface area contributed by atoms with E-state index in [1.165, 1.54) is 12.8 Å². The van der Waals surface area contributed by atoms with Gasteiger partial charge in [-0.15, -0.1) is 0 Å². The Bertz CT molecular complexity index is 155. The quantitative estimate of drug-likeness (QED) is 0.546. The van der Waals surface area contributed by atoms with Crippen molar-refractivity contribution < 1.29 is 0 Å². The molecule has 0 nitrogen and oxygen atoms in total. The molecule has 0 aromatic heterocycles. The molecular formula is C12H22. The second kappa shape index (κ2) is 4.11. The van der Waals surface area contributed by atoms with Gasteiger partial charge >= 0.3 is 0 Å². The minimum absolute atomic E-state index is 0.814. The molecule has 0 heteroatoms. The van der Waals surface area contributed by atoms with Crippen LogP contribution >= 0.6 is 0 Å². The third kappa shape index (κ3) is 2.12. The molecule has 70 valence electrons. The van der Waals surface area contributed by atoms with E-state index in [0.717, 1.165) is 23.7 Å². The molecule has 1 aliphatic rings. The van der Waals surface area contributed by atoms with Gasteiger partial charge in [-0.05, 0) is 36.5 Å². The van der Waals surface area contributed by atoms with Crippen LogP contribution in [0.5, 0.6) is 0 Å². The van der Waals surface area contributed by atoms with Crippen molar-refractivity contribution in [2.45, 2.75) is 40.5 Å². The molecule has 0 saturated heterocycles. The van der Waals surface area contributed by atoms with Crippen molar-refractivity contribution in [3.05, 3.63) is 12.2 Å². The normalized spacial score (nSPS) is 35.9. The smallest absolute Gasteiger partial charge is 0.0184 e. The predicted octanol–water partition coefficient (Wildman–Crippen LogP) is 3.88. The molecule has 1 aliphatic carbocycles. The summed E-state index contributed by atoms with van der Waals surface area (Å²) in [6.07, 6.45) is 7.60. The van der Waals surface area contributed by atoms with Gasteiger partial charge in [-0.25, -0.2) is 0 Å². The van der Waals surface area contributed by atoms with Crippen LogP contribution < -0.4 is 0 Å². The Hall–Kier alpha value is -0.260. The molecule has 0 aromatic carbocycles. The summed E-state index contributed by atoms with van der Waals surface area (Å²) in [7, 11) is 0. The number of rotatable bonds is 2. The molecule has 0 N–H and O–H groups in total. The van der Waals surface area contributed by atoms with Crippen LogP contribution in [0.1, 0.15) is 40.5 Å². The second-order valence-electron chi connectivity index (χ2n) is 4.59. The van der Waals surface area contributed by atoms with Crippen LogP contribution in [-0.4, -0.2) is 0 Å². The summed E-state index contributed by atoms with van der Waals surface area (Å²) in [5.41, 5.74) is 0. The van der Waals surface area contributed by atoms with E-state index in [4.69, 9.17) is 0 Å². The van der Waals surface area contributed by atoms with Gasteiger partial charge in [-0.1, -0.05) is 39.8 Å². The molecule has 0 radical (unpaired) electrons. The van der Waals surface area contributed by atoms with Gasteiger partial charge < -0.3 is 0 Å². The van der Waals surface area contributed by atoms with Crippen molar-refractivity contribution in [1.29, 1.82) is 0 Å². The van der Waals surface area contributed by atoms with Crippen LogP contribution in [-0.2, 0) is 0 Å². The van der Waals surface area contributed by atoms with Crippen molar-refractivity contribution in [3.63, 3.8) is 0 Å². The molecule has 1 rings (SSSR count). The number of allylic oxidation sites excluding steroid dienone is 2. The Morgan fingerprint density at radius 1 is 1.33 bits per heavy atom. The summed E-state index contributed by atoms with van der Waals surface area (Å²) in [5.74, 6) is 3.39. The third-order valence-corrected chi connectivity index (χ3v) is 3.23. The topological polar surface area (TPSA) is 0 Å². The summed E-state index contributed by atoms with van der Waals surface area (Å²) < 4.78 is 0. The van der Waals surface area contributed by atoms with Gasteiger partial charge in [0.15, 0.2) is 0 Å². The van der Waals surface area contributed by atoms with Gasteiger partial charge in [-0.3, -0.25) is 0 Å². The van der Waals surface area contributed by atoms with E-state index in [9.17, 15) is 0 Å². The zero-order chi connectivity index (χ0) is 9.14. The van der Waals surface area contributed by atoms with Crippen molar-refractivity contribution in [1.82, 2.24) is 0 Å². The van der Waals surface area contributed by atoms with E-state index in [1.54, 1.807) is 0 Å². The molecule has 0 heterocycles. The summed E-state index contributed by atoms with van der Waals surface area (Å²) >= 11 is 0. The molecular weight excluding hydrogens is 144 g/mol. The first-order valence-electron chi connectivity index (χ1n) is 5.33. The first-order chi connectivity index (χ1) is 5.65. The maximum absolute atomic E-state index is 2.45. The molecule has 0 bridgehead atoms. The van der Waals surface area contributed by atoms with Gasteiger partial charge in [-0.2, -0.15) is 0 Å². The van der Waals surface area contributed by atoms with E-state index >= 15 is 0 Å². The lowest BCUT2D eigenvalue weighted by Gasteiger charge is -2.31. The van der Waals surface area contributed by atoms with Crippen LogP contribution in [0.25, 0.3) is 0 Å². The minimum atomic E-state index is 0.814. The maximum atomic E-state index is 2.45. The van der Waals surface area contributed by atoms with E-state index < -0.39 is 0 Å². The van der Waals surface area contributed by atoms with E-state index in [-0.39, 0.29) is 0 Å². The highest BCUT2D eigenvalue weighted by atomic mass is 14.3. The highest BCUT2D eigenvalue weighted by Crippen LogP contribution is 2.33. The average molecular weight is 166 g/mol. The van der Waals surface area contributed by atoms with Gasteiger partial charge in [0.2, 0.25) is 0 Å². The second-order valence-corrected chi connectivity index (χ2v) is 4.59. The van der Waals surface area contributed by atoms with Crippen LogP contribution in [0.4, 0.5) is 0 Å². The minimum Gasteiger partial charge on any atom is -0.0851 e. The average Bonchev–Trinajstić information content (AvgIpc) is 2.03. The SMILES string of the molecule is CCC1C=CC(C(C)C)C(C)C1. The summed E-state index contributed by atoms with van der Waals surface area (Å²) in [6.45, 7) is 9.35. The molecule has 12 heavy (non-hydrogen) atoms. The lowest BCUT2D eigenvalue weighted by molar-refractivity contribution is 0.270. The Morgan fingerprint density at radius 2 is 2.00 bits per heavy atom. The highest BCUT2D eigenvalue weighted by molar-refractivity contribution is 5.01. The van der Waals surface area contributed by atoms with Crippen LogP contribution in [0, 0.1) is 23.7 Å². The molecule has 0 saturated carbocycles. The van der Waals surface area contributed by atoms with E-state index in [2.05, 4.69) is 39.8 Å². The van der Waals surface area contributed by atoms with Gasteiger partial charge in [0, 0.05) is 0 Å². The number of hydrogen-bond acceptors (Lipinski definition) is 0. The fourth-order valence-electron chi connectivity index (χ4n) is 2.37. The zero-order valence-electron chi connectivity index (χ0n) is 8.88. The monoisotopic (exact) mass is 166 g/mol. The lowest BCUT2D eigenvalue weighted by Crippen LogP contribution is -2.22. The molecule has 3 atom stereocenters. The maximum Gasteiger partial charge on any atom is -0.0184 e. The van der Waals surface area contributed by atoms with Crippen molar-refractivity contribution in [3.8, 4) is 0 Å². The first kappa shape index (κ1) is 9.83. The standard InChI is InChI=1S/C12H22/c1-5-11-6-7-12(9(2)3)10(4)8-11/h6-7,9-12H,5,8H2,1-4H3. The van der Waals surface area contributed by atoms with Gasteiger partial charge in [0.1, 0.15) is 0 Å². The molecule has 0 aliphatic heterocycles. The Morgan fingerprint density at radius 3 is 2.42 bits per heavy atom. The summed E-state index contributed by atoms with van der Waals surface area (Å²) in [4.78, 5) is 0. The van der Waals surface area contributed by atoms with Crippen molar-refractivity contribution >= 4 is 0 Å². The molecule has 0 spiro atoms. The van der Waals surface area contributed by atoms with Crippen LogP contribution in [0.2, 0.25) is 0 Å². The molecule has 3 unspecified atom stereocenters. The fourth-order valence-corrected chi connectivity index (χ4v) is 2.37. The van der Waals surface area contributed by atoms with Crippen molar-refractivity contribution in [2.75, 3.05) is 0 Å². The lowest BCUT2D eigenvalue weighted by atomic mass is 9.74. The van der Waals surface area contributed by atoms with Crippen LogP contribution in [0.15, 0.2) is 12.2 Å². The third-order valence-electron chi connectivity index (χ3n) is 3.23. The molecule has 0 amide bonds. The van der Waals surface area contributed by atoms with Gasteiger partial charge in [0.25, 0.3) is 0 Å². The highest BCUT2D eigenvalue weighted by Gasteiger charge is 2.23. The first-order valence-corrected chi connectivity index (χ1v) is 5.33. The predicted molar refractivity (Wildman–Crippen MR) is 55.0 cm³/mol. The Labute approximate surface area is 77.1 Å². The van der Waals surface area contributed by atoms with Gasteiger partial charge in [0.05, 0.1) is 0 Å². The Kier molecular flexibility index (Phi) is 3.37. The molecule has 0 aromatic rings.